The molecule has 0 bridgehead atoms. The van der Waals surface area contributed by atoms with Crippen LogP contribution < -0.4 is 10.3 Å². The van der Waals surface area contributed by atoms with Crippen molar-refractivity contribution >= 4 is 11.0 Å². The Morgan fingerprint density at radius 3 is 2.45 bits per heavy atom. The van der Waals surface area contributed by atoms with Crippen molar-refractivity contribution in [3.63, 3.8) is 0 Å². The third-order valence-corrected chi connectivity index (χ3v) is 7.33. The smallest absolute Gasteiger partial charge is 0.404 e. The highest BCUT2D eigenvalue weighted by Crippen LogP contribution is 2.41. The lowest BCUT2D eigenvalue weighted by Crippen LogP contribution is -2.29. The molecule has 0 saturated heterocycles. The van der Waals surface area contributed by atoms with Gasteiger partial charge in [0.1, 0.15) is 17.2 Å². The summed E-state index contributed by atoms with van der Waals surface area (Å²) in [6, 6.07) is 13.2. The molecule has 4 aromatic rings. The number of nitrogens with zero attached hydrogens (tertiary/aromatic N) is 3. The minimum atomic E-state index is -4.89. The van der Waals surface area contributed by atoms with Crippen LogP contribution in [0.25, 0.3) is 11.0 Å². The van der Waals surface area contributed by atoms with Crippen molar-refractivity contribution in [1.82, 2.24) is 14.5 Å². The third kappa shape index (κ3) is 5.28. The molecule has 0 aliphatic heterocycles. The molecule has 38 heavy (non-hydrogen) atoms. The summed E-state index contributed by atoms with van der Waals surface area (Å²) in [6.07, 6.45) is -0.661. The second kappa shape index (κ2) is 10.2. The van der Waals surface area contributed by atoms with Gasteiger partial charge in [-0.3, -0.25) is 14.3 Å². The number of rotatable bonds is 5. The first-order valence-electron chi connectivity index (χ1n) is 12.6. The Bertz CT molecular complexity index is 1520. The van der Waals surface area contributed by atoms with E-state index in [0.29, 0.717) is 35.1 Å². The van der Waals surface area contributed by atoms with E-state index in [1.54, 1.807) is 13.0 Å². The van der Waals surface area contributed by atoms with E-state index in [9.17, 15) is 22.4 Å². The Morgan fingerprint density at radius 1 is 1.00 bits per heavy atom. The molecule has 1 aromatic carbocycles. The number of halogens is 4. The summed E-state index contributed by atoms with van der Waals surface area (Å²) in [5, 5.41) is 0.714. The van der Waals surface area contributed by atoms with Gasteiger partial charge in [-0.05, 0) is 98.9 Å². The number of hydrogen-bond acceptors (Lipinski definition) is 4. The van der Waals surface area contributed by atoms with Gasteiger partial charge in [0.05, 0.1) is 6.54 Å². The summed E-state index contributed by atoms with van der Waals surface area (Å²) in [7, 11) is 0. The number of aromatic nitrogens is 3. The Morgan fingerprint density at radius 2 is 1.74 bits per heavy atom. The zero-order chi connectivity index (χ0) is 27.0. The molecule has 0 unspecified atom stereocenters. The summed E-state index contributed by atoms with van der Waals surface area (Å²) in [5.41, 5.74) is 2.97. The van der Waals surface area contributed by atoms with Crippen molar-refractivity contribution in [3.05, 3.63) is 99.0 Å². The van der Waals surface area contributed by atoms with Gasteiger partial charge in [-0.2, -0.15) is 0 Å². The first-order valence-corrected chi connectivity index (χ1v) is 12.6. The second-order valence-electron chi connectivity index (χ2n) is 9.87. The van der Waals surface area contributed by atoms with Gasteiger partial charge >= 0.3 is 6.36 Å². The van der Waals surface area contributed by atoms with Crippen LogP contribution in [0.4, 0.5) is 17.6 Å². The Kier molecular flexibility index (Phi) is 6.94. The van der Waals surface area contributed by atoms with E-state index in [4.69, 9.17) is 0 Å². The quantitative estimate of drug-likeness (QED) is 0.265. The first-order chi connectivity index (χ1) is 18.1. The van der Waals surface area contributed by atoms with Crippen molar-refractivity contribution in [1.29, 1.82) is 0 Å². The lowest BCUT2D eigenvalue weighted by Gasteiger charge is -2.30. The van der Waals surface area contributed by atoms with Gasteiger partial charge < -0.3 is 4.74 Å². The van der Waals surface area contributed by atoms with Gasteiger partial charge in [-0.25, -0.2) is 9.37 Å². The van der Waals surface area contributed by atoms with Gasteiger partial charge in [-0.1, -0.05) is 12.1 Å². The Balaban J connectivity index is 1.51. The second-order valence-corrected chi connectivity index (χ2v) is 9.87. The molecular weight excluding hydrogens is 498 g/mol. The van der Waals surface area contributed by atoms with Gasteiger partial charge in [0.25, 0.3) is 5.56 Å². The zero-order valence-corrected chi connectivity index (χ0v) is 21.1. The van der Waals surface area contributed by atoms with Crippen molar-refractivity contribution in [3.8, 4) is 5.75 Å². The molecule has 0 spiro atoms. The molecule has 5 nitrogen and oxygen atoms in total. The molecule has 3 heterocycles. The maximum Gasteiger partial charge on any atom is 0.573 e. The van der Waals surface area contributed by atoms with Crippen LogP contribution in [0.3, 0.4) is 0 Å². The summed E-state index contributed by atoms with van der Waals surface area (Å²) in [6.45, 7) is 3.47. The standard InChI is InChI=1S/C29H27F4N3O2/c1-17-5-3-6-23(30)26(17)20-12-10-19(11-13-20)22-15-21-9-8-18(2)35-27(21)36(28(22)37)16-24-25(7-4-14-34-24)38-29(31,32)33/h3-9,14-15,19-20H,10-13,16H2,1-2H3/t19-,20-. The van der Waals surface area contributed by atoms with E-state index in [0.717, 1.165) is 24.0 Å². The molecule has 1 aliphatic rings. The lowest BCUT2D eigenvalue weighted by molar-refractivity contribution is -0.275. The molecule has 198 valence electrons. The molecular formula is C29H27F4N3O2. The van der Waals surface area contributed by atoms with Crippen LogP contribution in [-0.4, -0.2) is 20.9 Å². The molecule has 0 radical (unpaired) electrons. The summed E-state index contributed by atoms with van der Waals surface area (Å²) >= 11 is 0. The van der Waals surface area contributed by atoms with Crippen LogP contribution in [0.2, 0.25) is 0 Å². The number of fused-ring (bicyclic) bond motifs is 1. The SMILES string of the molecule is Cc1ccc2cc([C@H]3CC[C@H](c4c(C)cccc4F)CC3)c(=O)n(Cc3ncccc3OC(F)(F)F)c2n1. The van der Waals surface area contributed by atoms with Gasteiger partial charge in [-0.15, -0.1) is 13.2 Å². The number of hydrogen-bond donors (Lipinski definition) is 0. The van der Waals surface area contributed by atoms with E-state index in [1.165, 1.54) is 29.0 Å². The maximum atomic E-state index is 14.6. The fourth-order valence-electron chi connectivity index (χ4n) is 5.57. The molecule has 1 fully saturated rings. The van der Waals surface area contributed by atoms with Gasteiger partial charge in [0, 0.05) is 22.8 Å². The molecule has 0 amide bonds. The molecule has 5 rings (SSSR count). The highest BCUT2D eigenvalue weighted by molar-refractivity contribution is 5.76. The fraction of sp³-hybridized carbons (Fsp3) is 0.345. The number of ether oxygens (including phenoxy) is 1. The van der Waals surface area contributed by atoms with E-state index in [1.807, 2.05) is 31.2 Å². The third-order valence-electron chi connectivity index (χ3n) is 7.33. The zero-order valence-electron chi connectivity index (χ0n) is 21.1. The van der Waals surface area contributed by atoms with Crippen molar-refractivity contribution in [2.75, 3.05) is 0 Å². The first kappa shape index (κ1) is 25.9. The minimum Gasteiger partial charge on any atom is -0.404 e. The molecule has 0 atom stereocenters. The van der Waals surface area contributed by atoms with Gasteiger partial charge in [0.2, 0.25) is 0 Å². The largest absolute Gasteiger partial charge is 0.573 e. The Labute approximate surface area is 217 Å². The average molecular weight is 526 g/mol. The predicted molar refractivity (Wildman–Crippen MR) is 136 cm³/mol. The van der Waals surface area contributed by atoms with Crippen LogP contribution in [0.5, 0.6) is 5.75 Å². The van der Waals surface area contributed by atoms with Crippen LogP contribution >= 0.6 is 0 Å². The monoisotopic (exact) mass is 525 g/mol. The molecule has 1 aliphatic carbocycles. The van der Waals surface area contributed by atoms with Crippen molar-refractivity contribution in [2.24, 2.45) is 0 Å². The topological polar surface area (TPSA) is 57.0 Å². The summed E-state index contributed by atoms with van der Waals surface area (Å²) in [4.78, 5) is 22.4. The Hall–Kier alpha value is -3.75. The van der Waals surface area contributed by atoms with Crippen LogP contribution in [0.1, 0.15) is 65.6 Å². The molecule has 0 N–H and O–H groups in total. The van der Waals surface area contributed by atoms with Gasteiger partial charge in [0.15, 0.2) is 5.75 Å². The average Bonchev–Trinajstić information content (AvgIpc) is 2.86. The normalized spacial score (nSPS) is 18.1. The van der Waals surface area contributed by atoms with Crippen LogP contribution in [0, 0.1) is 19.7 Å². The van der Waals surface area contributed by atoms with E-state index in [-0.39, 0.29) is 35.5 Å². The highest BCUT2D eigenvalue weighted by Gasteiger charge is 2.33. The van der Waals surface area contributed by atoms with Crippen LogP contribution in [-0.2, 0) is 6.54 Å². The number of benzene rings is 1. The van der Waals surface area contributed by atoms with E-state index >= 15 is 0 Å². The maximum absolute atomic E-state index is 14.6. The number of pyridine rings is 3. The number of alkyl halides is 3. The van der Waals surface area contributed by atoms with Crippen molar-refractivity contribution < 1.29 is 22.3 Å². The van der Waals surface area contributed by atoms with Crippen LogP contribution in [0.15, 0.2) is 59.5 Å². The molecule has 1 saturated carbocycles. The summed E-state index contributed by atoms with van der Waals surface area (Å²) in [5.74, 6) is -0.637. The molecule has 9 heteroatoms. The molecule has 3 aromatic heterocycles. The fourth-order valence-corrected chi connectivity index (χ4v) is 5.57. The van der Waals surface area contributed by atoms with Crippen molar-refractivity contribution in [2.45, 2.75) is 64.3 Å². The van der Waals surface area contributed by atoms with E-state index < -0.39 is 12.1 Å². The highest BCUT2D eigenvalue weighted by atomic mass is 19.4. The summed E-state index contributed by atoms with van der Waals surface area (Å²) < 4.78 is 59.1. The number of aryl methyl sites for hydroxylation is 2. The minimum absolute atomic E-state index is 0.0209. The predicted octanol–water partition coefficient (Wildman–Crippen LogP) is 6.94. The lowest BCUT2D eigenvalue weighted by atomic mass is 9.75. The van der Waals surface area contributed by atoms with E-state index in [2.05, 4.69) is 14.7 Å².